The fourth-order valence-corrected chi connectivity index (χ4v) is 5.09. The van der Waals surface area contributed by atoms with Gasteiger partial charge >= 0.3 is 0 Å². The molecule has 2 heterocycles. The van der Waals surface area contributed by atoms with E-state index < -0.39 is 11.5 Å². The van der Waals surface area contributed by atoms with Gasteiger partial charge in [-0.05, 0) is 61.9 Å². The van der Waals surface area contributed by atoms with Crippen LogP contribution >= 0.6 is 0 Å². The molecule has 36 heavy (non-hydrogen) atoms. The average molecular weight is 501 g/mol. The van der Waals surface area contributed by atoms with Gasteiger partial charge in [-0.3, -0.25) is 4.79 Å². The number of ether oxygens (including phenoxy) is 3. The number of piperidine rings is 1. The summed E-state index contributed by atoms with van der Waals surface area (Å²) in [5, 5.41) is 15.1. The number of hydrogen-bond acceptors (Lipinski definition) is 7. The predicted molar refractivity (Wildman–Crippen MR) is 136 cm³/mol. The van der Waals surface area contributed by atoms with E-state index in [2.05, 4.69) is 22.4 Å². The number of carbonyl (C=O) groups excluding carboxylic acids is 1. The van der Waals surface area contributed by atoms with Gasteiger partial charge in [-0.2, -0.15) is 0 Å². The molecule has 2 aromatic rings. The van der Waals surface area contributed by atoms with Crippen LogP contribution in [-0.4, -0.2) is 78.6 Å². The number of imidazole rings is 1. The Labute approximate surface area is 213 Å². The third-order valence-electron chi connectivity index (χ3n) is 7.13. The van der Waals surface area contributed by atoms with E-state index >= 15 is 0 Å². The molecule has 1 aromatic carbocycles. The molecule has 0 bridgehead atoms. The maximum atomic E-state index is 14.0. The Balaban J connectivity index is 1.57. The highest BCUT2D eigenvalue weighted by Crippen LogP contribution is 2.38. The fourth-order valence-electron chi connectivity index (χ4n) is 5.09. The summed E-state index contributed by atoms with van der Waals surface area (Å²) < 4.78 is 18.1. The van der Waals surface area contributed by atoms with E-state index in [1.54, 1.807) is 20.4 Å². The van der Waals surface area contributed by atoms with Crippen molar-refractivity contribution < 1.29 is 24.1 Å². The first kappa shape index (κ1) is 26.6. The first-order chi connectivity index (χ1) is 17.5. The summed E-state index contributed by atoms with van der Waals surface area (Å²) in [6, 6.07) is 6.43. The Morgan fingerprint density at radius 3 is 2.67 bits per heavy atom. The molecular weight excluding hydrogens is 460 g/mol. The molecule has 2 N–H and O–H groups in total. The molecule has 1 aliphatic heterocycles. The number of carbonyl (C=O) groups is 1. The number of nitrogens with zero attached hydrogens (tertiary/aromatic N) is 3. The van der Waals surface area contributed by atoms with Crippen LogP contribution in [0.3, 0.4) is 0 Å². The molecule has 0 radical (unpaired) electrons. The van der Waals surface area contributed by atoms with Crippen molar-refractivity contribution in [3.8, 4) is 5.75 Å². The topological polar surface area (TPSA) is 98.1 Å². The van der Waals surface area contributed by atoms with E-state index in [1.807, 2.05) is 28.8 Å². The molecule has 1 aromatic heterocycles. The predicted octanol–water partition coefficient (Wildman–Crippen LogP) is 2.01. The first-order valence-corrected chi connectivity index (χ1v) is 12.9. The molecule has 2 atom stereocenters. The molecule has 1 saturated heterocycles. The SMILES string of the molecule is COCCCc1cc(CN(C(=O)[C@H]2CNCC[C@]2(O)c2nccn2C)C2CC2)cc(OCCOC)c1. The first-order valence-electron chi connectivity index (χ1n) is 12.9. The normalized spacial score (nSPS) is 21.9. The summed E-state index contributed by atoms with van der Waals surface area (Å²) in [4.78, 5) is 20.4. The molecule has 198 valence electrons. The van der Waals surface area contributed by atoms with Crippen molar-refractivity contribution in [3.63, 3.8) is 0 Å². The van der Waals surface area contributed by atoms with E-state index in [0.717, 1.165) is 42.6 Å². The lowest BCUT2D eigenvalue weighted by atomic mass is 9.79. The number of aromatic nitrogens is 2. The molecule has 2 fully saturated rings. The minimum atomic E-state index is -1.30. The number of methoxy groups -OCH3 is 2. The van der Waals surface area contributed by atoms with E-state index in [1.165, 1.54) is 0 Å². The van der Waals surface area contributed by atoms with Crippen molar-refractivity contribution in [2.75, 3.05) is 47.1 Å². The highest BCUT2D eigenvalue weighted by molar-refractivity contribution is 5.81. The third kappa shape index (κ3) is 6.26. The molecule has 4 rings (SSSR count). The molecule has 1 aliphatic carbocycles. The van der Waals surface area contributed by atoms with Gasteiger partial charge in [0.15, 0.2) is 0 Å². The molecule has 0 spiro atoms. The summed E-state index contributed by atoms with van der Waals surface area (Å²) in [6.07, 6.45) is 7.68. The van der Waals surface area contributed by atoms with Crippen molar-refractivity contribution in [3.05, 3.63) is 47.5 Å². The second-order valence-electron chi connectivity index (χ2n) is 9.91. The minimum absolute atomic E-state index is 0.0261. The monoisotopic (exact) mass is 500 g/mol. The molecule has 1 amide bonds. The number of hydrogen-bond donors (Lipinski definition) is 2. The lowest BCUT2D eigenvalue weighted by molar-refractivity contribution is -0.151. The van der Waals surface area contributed by atoms with Crippen molar-refractivity contribution in [2.24, 2.45) is 13.0 Å². The summed E-state index contributed by atoms with van der Waals surface area (Å²) in [5.41, 5.74) is 0.885. The highest BCUT2D eigenvalue weighted by Gasteiger charge is 2.50. The molecule has 2 aliphatic rings. The smallest absolute Gasteiger partial charge is 0.230 e. The number of amides is 1. The Bertz CT molecular complexity index is 980. The van der Waals surface area contributed by atoms with Crippen molar-refractivity contribution in [1.82, 2.24) is 19.8 Å². The Morgan fingerprint density at radius 2 is 1.97 bits per heavy atom. The Morgan fingerprint density at radius 1 is 1.19 bits per heavy atom. The third-order valence-corrected chi connectivity index (χ3v) is 7.13. The highest BCUT2D eigenvalue weighted by atomic mass is 16.5. The van der Waals surface area contributed by atoms with Gasteiger partial charge in [0.25, 0.3) is 0 Å². The van der Waals surface area contributed by atoms with Gasteiger partial charge in [0.1, 0.15) is 23.8 Å². The van der Waals surface area contributed by atoms with Crippen LogP contribution < -0.4 is 10.1 Å². The summed E-state index contributed by atoms with van der Waals surface area (Å²) >= 11 is 0. The lowest BCUT2D eigenvalue weighted by Gasteiger charge is -2.41. The van der Waals surface area contributed by atoms with Crippen LogP contribution in [-0.2, 0) is 39.9 Å². The number of aryl methyl sites for hydroxylation is 2. The molecular formula is C27H40N4O5. The fraction of sp³-hybridized carbons (Fsp3) is 0.630. The van der Waals surface area contributed by atoms with Gasteiger partial charge in [0, 0.05) is 59.4 Å². The van der Waals surface area contributed by atoms with Crippen LogP contribution in [0.15, 0.2) is 30.6 Å². The zero-order valence-electron chi connectivity index (χ0n) is 21.7. The van der Waals surface area contributed by atoms with Gasteiger partial charge in [-0.1, -0.05) is 6.07 Å². The number of benzene rings is 1. The summed E-state index contributed by atoms with van der Waals surface area (Å²) in [5.74, 6) is 0.702. The second kappa shape index (κ2) is 12.2. The Hall–Kier alpha value is -2.46. The van der Waals surface area contributed by atoms with E-state index in [4.69, 9.17) is 14.2 Å². The lowest BCUT2D eigenvalue weighted by Crippen LogP contribution is -2.56. The second-order valence-corrected chi connectivity index (χ2v) is 9.91. The van der Waals surface area contributed by atoms with Gasteiger partial charge in [-0.25, -0.2) is 4.98 Å². The van der Waals surface area contributed by atoms with Crippen LogP contribution in [0, 0.1) is 5.92 Å². The van der Waals surface area contributed by atoms with Crippen LogP contribution in [0.4, 0.5) is 0 Å². The average Bonchev–Trinajstić information content (AvgIpc) is 3.61. The number of rotatable bonds is 13. The van der Waals surface area contributed by atoms with Crippen LogP contribution in [0.5, 0.6) is 5.75 Å². The summed E-state index contributed by atoms with van der Waals surface area (Å²) in [6.45, 7) is 3.21. The van der Waals surface area contributed by atoms with Gasteiger partial charge in [0.05, 0.1) is 12.5 Å². The van der Waals surface area contributed by atoms with Gasteiger partial charge < -0.3 is 34.1 Å². The molecule has 9 nitrogen and oxygen atoms in total. The Kier molecular flexibility index (Phi) is 9.00. The summed E-state index contributed by atoms with van der Waals surface area (Å²) in [7, 11) is 5.23. The molecule has 9 heteroatoms. The van der Waals surface area contributed by atoms with Crippen molar-refractivity contribution >= 4 is 5.91 Å². The zero-order valence-corrected chi connectivity index (χ0v) is 21.7. The van der Waals surface area contributed by atoms with E-state index in [9.17, 15) is 9.90 Å². The maximum absolute atomic E-state index is 14.0. The minimum Gasteiger partial charge on any atom is -0.491 e. The van der Waals surface area contributed by atoms with E-state index in [-0.39, 0.29) is 11.9 Å². The quantitative estimate of drug-likeness (QED) is 0.406. The van der Waals surface area contributed by atoms with Gasteiger partial charge in [0.2, 0.25) is 5.91 Å². The molecule has 1 saturated carbocycles. The largest absolute Gasteiger partial charge is 0.491 e. The van der Waals surface area contributed by atoms with Crippen molar-refractivity contribution in [1.29, 1.82) is 0 Å². The van der Waals surface area contributed by atoms with Crippen LogP contribution in [0.25, 0.3) is 0 Å². The number of aliphatic hydroxyl groups is 1. The standard InChI is InChI=1S/C27H40N4O5/c1-30-11-10-29-26(30)27(33)8-9-28-18-24(27)25(32)31(22-6-7-22)19-21-15-20(5-4-12-34-2)16-23(17-21)36-14-13-35-3/h10-11,15-17,22,24,28,33H,4-9,12-14,18-19H2,1-3H3/t24-,27-/m1/s1. The van der Waals surface area contributed by atoms with Crippen LogP contribution in [0.1, 0.15) is 42.6 Å². The van der Waals surface area contributed by atoms with E-state index in [0.29, 0.717) is 51.7 Å². The molecule has 0 unspecified atom stereocenters. The zero-order chi connectivity index (χ0) is 25.5. The van der Waals surface area contributed by atoms with Crippen LogP contribution in [0.2, 0.25) is 0 Å². The van der Waals surface area contributed by atoms with Gasteiger partial charge in [-0.15, -0.1) is 0 Å². The van der Waals surface area contributed by atoms with Crippen molar-refractivity contribution in [2.45, 2.75) is 50.3 Å². The maximum Gasteiger partial charge on any atom is 0.230 e. The number of nitrogens with one attached hydrogen (secondary N) is 1.